The molecule has 1 aliphatic rings. The molecule has 1 saturated heterocycles. The number of sulfonamides is 1. The maximum absolute atomic E-state index is 13.0. The second-order valence-corrected chi connectivity index (χ2v) is 9.63. The number of nitrogens with zero attached hydrogens (tertiary/aromatic N) is 2. The van der Waals surface area contributed by atoms with Gasteiger partial charge in [0.25, 0.3) is 5.91 Å². The zero-order valence-corrected chi connectivity index (χ0v) is 18.5. The van der Waals surface area contributed by atoms with Gasteiger partial charge in [0.05, 0.1) is 16.3 Å². The maximum atomic E-state index is 13.0. The van der Waals surface area contributed by atoms with Crippen LogP contribution in [0.15, 0.2) is 47.4 Å². The molecular formula is C22H29N3O4S. The highest BCUT2D eigenvalue weighted by Crippen LogP contribution is 2.30. The molecule has 2 aromatic rings. The summed E-state index contributed by atoms with van der Waals surface area (Å²) in [6.45, 7) is 2.84. The molecule has 1 fully saturated rings. The number of hydrogen-bond donors (Lipinski definition) is 1. The van der Waals surface area contributed by atoms with Crippen LogP contribution in [0.5, 0.6) is 5.75 Å². The lowest BCUT2D eigenvalue weighted by Crippen LogP contribution is -2.35. The van der Waals surface area contributed by atoms with Crippen molar-refractivity contribution >= 4 is 27.3 Å². The molecule has 0 unspecified atom stereocenters. The van der Waals surface area contributed by atoms with E-state index in [0.717, 1.165) is 30.5 Å². The van der Waals surface area contributed by atoms with Gasteiger partial charge in [-0.2, -0.15) is 4.31 Å². The number of carbonyl (C=O) groups is 1. The number of piperidine rings is 1. The molecule has 7 nitrogen and oxygen atoms in total. The Hall–Kier alpha value is -2.58. The van der Waals surface area contributed by atoms with Gasteiger partial charge in [-0.25, -0.2) is 8.42 Å². The summed E-state index contributed by atoms with van der Waals surface area (Å²) >= 11 is 0. The summed E-state index contributed by atoms with van der Waals surface area (Å²) in [6, 6.07) is 12.3. The molecule has 8 heteroatoms. The SMILES string of the molecule is Cc1cccc(OCC(=O)Nc2cc(S(=O)(=O)N3CCCCC3)ccc2N(C)C)c1. The Balaban J connectivity index is 1.78. The van der Waals surface area contributed by atoms with Gasteiger partial charge in [-0.3, -0.25) is 4.79 Å². The first kappa shape index (κ1) is 22.1. The molecule has 2 aromatic carbocycles. The van der Waals surface area contributed by atoms with Crippen molar-refractivity contribution in [2.75, 3.05) is 44.0 Å². The monoisotopic (exact) mass is 431 g/mol. The van der Waals surface area contributed by atoms with Crippen LogP contribution in [0.4, 0.5) is 11.4 Å². The first-order valence-electron chi connectivity index (χ1n) is 10.1. The van der Waals surface area contributed by atoms with Gasteiger partial charge in [0.1, 0.15) is 5.75 Å². The Morgan fingerprint density at radius 3 is 2.50 bits per heavy atom. The van der Waals surface area contributed by atoms with Gasteiger partial charge in [0.2, 0.25) is 10.0 Å². The normalized spacial score (nSPS) is 14.9. The number of aryl methyl sites for hydroxylation is 1. The van der Waals surface area contributed by atoms with E-state index in [1.165, 1.54) is 10.4 Å². The lowest BCUT2D eigenvalue weighted by Gasteiger charge is -2.26. The Morgan fingerprint density at radius 1 is 1.10 bits per heavy atom. The van der Waals surface area contributed by atoms with Gasteiger partial charge >= 0.3 is 0 Å². The van der Waals surface area contributed by atoms with Crippen LogP contribution < -0.4 is 15.0 Å². The summed E-state index contributed by atoms with van der Waals surface area (Å²) < 4.78 is 33.1. The topological polar surface area (TPSA) is 78.9 Å². The number of rotatable bonds is 7. The lowest BCUT2D eigenvalue weighted by atomic mass is 10.2. The summed E-state index contributed by atoms with van der Waals surface area (Å²) in [5.41, 5.74) is 2.20. The molecule has 0 aliphatic carbocycles. The predicted molar refractivity (Wildman–Crippen MR) is 119 cm³/mol. The number of amides is 1. The minimum Gasteiger partial charge on any atom is -0.484 e. The van der Waals surface area contributed by atoms with E-state index in [4.69, 9.17) is 4.74 Å². The van der Waals surface area contributed by atoms with E-state index in [9.17, 15) is 13.2 Å². The third kappa shape index (κ3) is 5.31. The average Bonchev–Trinajstić information content (AvgIpc) is 2.73. The third-order valence-corrected chi connectivity index (χ3v) is 6.93. The van der Waals surface area contributed by atoms with Crippen molar-refractivity contribution in [1.29, 1.82) is 0 Å². The van der Waals surface area contributed by atoms with E-state index in [1.54, 1.807) is 18.2 Å². The van der Waals surface area contributed by atoms with Crippen molar-refractivity contribution in [3.05, 3.63) is 48.0 Å². The number of benzene rings is 2. The fraction of sp³-hybridized carbons (Fsp3) is 0.409. The summed E-state index contributed by atoms with van der Waals surface area (Å²) in [5, 5.41) is 2.80. The number of carbonyl (C=O) groups excluding carboxylic acids is 1. The van der Waals surface area contributed by atoms with Gasteiger partial charge in [-0.15, -0.1) is 0 Å². The third-order valence-electron chi connectivity index (χ3n) is 5.04. The van der Waals surface area contributed by atoms with Crippen molar-refractivity contribution in [3.63, 3.8) is 0 Å². The van der Waals surface area contributed by atoms with E-state index >= 15 is 0 Å². The molecule has 1 amide bonds. The van der Waals surface area contributed by atoms with Crippen molar-refractivity contribution < 1.29 is 17.9 Å². The Morgan fingerprint density at radius 2 is 1.83 bits per heavy atom. The standard InChI is InChI=1S/C22H29N3O4S/c1-17-8-7-9-18(14-17)29-16-22(26)23-20-15-19(10-11-21(20)24(2)3)30(27,28)25-12-5-4-6-13-25/h7-11,14-15H,4-6,12-13,16H2,1-3H3,(H,23,26). The van der Waals surface area contributed by atoms with Gasteiger partial charge in [0, 0.05) is 27.2 Å². The zero-order valence-electron chi connectivity index (χ0n) is 17.7. The van der Waals surface area contributed by atoms with Crippen LogP contribution in [0.2, 0.25) is 0 Å². The quantitative estimate of drug-likeness (QED) is 0.728. The molecule has 0 spiro atoms. The average molecular weight is 432 g/mol. The fourth-order valence-corrected chi connectivity index (χ4v) is 5.00. The second kappa shape index (κ2) is 9.49. The first-order chi connectivity index (χ1) is 14.3. The van der Waals surface area contributed by atoms with Crippen LogP contribution in [-0.4, -0.2) is 52.4 Å². The van der Waals surface area contributed by atoms with Gasteiger partial charge in [-0.1, -0.05) is 18.6 Å². The van der Waals surface area contributed by atoms with Crippen LogP contribution in [0.25, 0.3) is 0 Å². The van der Waals surface area contributed by atoms with Crippen LogP contribution in [0.1, 0.15) is 24.8 Å². The first-order valence-corrected chi connectivity index (χ1v) is 11.5. The smallest absolute Gasteiger partial charge is 0.262 e. The largest absolute Gasteiger partial charge is 0.484 e. The number of anilines is 2. The minimum atomic E-state index is -3.59. The Labute approximate surface area is 178 Å². The molecule has 0 radical (unpaired) electrons. The van der Waals surface area contributed by atoms with Gasteiger partial charge in [-0.05, 0) is 55.7 Å². The molecule has 0 saturated carbocycles. The highest BCUT2D eigenvalue weighted by Gasteiger charge is 2.27. The summed E-state index contributed by atoms with van der Waals surface area (Å²) in [4.78, 5) is 14.5. The van der Waals surface area contributed by atoms with E-state index in [2.05, 4.69) is 5.32 Å². The number of ether oxygens (including phenoxy) is 1. The van der Waals surface area contributed by atoms with E-state index in [0.29, 0.717) is 24.5 Å². The van der Waals surface area contributed by atoms with Crippen molar-refractivity contribution in [2.45, 2.75) is 31.1 Å². The van der Waals surface area contributed by atoms with Crippen LogP contribution in [-0.2, 0) is 14.8 Å². The molecule has 1 heterocycles. The summed E-state index contributed by atoms with van der Waals surface area (Å²) in [5.74, 6) is 0.256. The van der Waals surface area contributed by atoms with Crippen molar-refractivity contribution in [2.24, 2.45) is 0 Å². The summed E-state index contributed by atoms with van der Waals surface area (Å²) in [6.07, 6.45) is 2.79. The predicted octanol–water partition coefficient (Wildman–Crippen LogP) is 3.25. The molecule has 0 atom stereocenters. The fourth-order valence-electron chi connectivity index (χ4n) is 3.46. The van der Waals surface area contributed by atoms with Crippen molar-refractivity contribution in [1.82, 2.24) is 4.31 Å². The molecule has 3 rings (SSSR count). The van der Waals surface area contributed by atoms with E-state index in [1.807, 2.05) is 44.1 Å². The number of nitrogens with one attached hydrogen (secondary N) is 1. The van der Waals surface area contributed by atoms with E-state index in [-0.39, 0.29) is 17.4 Å². The zero-order chi connectivity index (χ0) is 21.7. The maximum Gasteiger partial charge on any atom is 0.262 e. The van der Waals surface area contributed by atoms with Crippen molar-refractivity contribution in [3.8, 4) is 5.75 Å². The van der Waals surface area contributed by atoms with Crippen LogP contribution >= 0.6 is 0 Å². The Kier molecular flexibility index (Phi) is 6.99. The molecule has 30 heavy (non-hydrogen) atoms. The molecule has 0 aromatic heterocycles. The molecular weight excluding hydrogens is 402 g/mol. The van der Waals surface area contributed by atoms with Gasteiger partial charge < -0.3 is 15.0 Å². The van der Waals surface area contributed by atoms with Crippen LogP contribution in [0.3, 0.4) is 0 Å². The molecule has 1 aliphatic heterocycles. The minimum absolute atomic E-state index is 0.167. The number of hydrogen-bond acceptors (Lipinski definition) is 5. The Bertz CT molecular complexity index is 999. The van der Waals surface area contributed by atoms with Crippen LogP contribution in [0, 0.1) is 6.92 Å². The van der Waals surface area contributed by atoms with E-state index < -0.39 is 10.0 Å². The highest BCUT2D eigenvalue weighted by molar-refractivity contribution is 7.89. The molecule has 162 valence electrons. The molecule has 1 N–H and O–H groups in total. The highest BCUT2D eigenvalue weighted by atomic mass is 32.2. The summed E-state index contributed by atoms with van der Waals surface area (Å²) in [7, 11) is 0.0901. The lowest BCUT2D eigenvalue weighted by molar-refractivity contribution is -0.118. The van der Waals surface area contributed by atoms with Gasteiger partial charge in [0.15, 0.2) is 6.61 Å². The molecule has 0 bridgehead atoms. The second-order valence-electron chi connectivity index (χ2n) is 7.69.